The van der Waals surface area contributed by atoms with Gasteiger partial charge in [-0.05, 0) is 42.0 Å². The number of cyclic esters (lactones) is 1. The van der Waals surface area contributed by atoms with Crippen LogP contribution in [0.15, 0.2) is 63.7 Å². The number of anilines is 1. The van der Waals surface area contributed by atoms with E-state index in [2.05, 4.69) is 20.9 Å². The lowest BCUT2D eigenvalue weighted by Gasteiger charge is -2.11. The summed E-state index contributed by atoms with van der Waals surface area (Å²) < 4.78 is 6.17. The number of halogens is 1. The van der Waals surface area contributed by atoms with E-state index in [1.807, 2.05) is 67.5 Å². The number of carbonyl (C=O) groups excluding carboxylic acids is 1. The Balaban J connectivity index is 1.88. The maximum absolute atomic E-state index is 12.0. The van der Waals surface area contributed by atoms with Crippen LogP contribution >= 0.6 is 15.9 Å². The first-order valence-electron chi connectivity index (χ1n) is 7.09. The fourth-order valence-electron chi connectivity index (χ4n) is 2.18. The first kappa shape index (κ1) is 15.5. The smallest absolute Gasteiger partial charge is 0.363 e. The van der Waals surface area contributed by atoms with Gasteiger partial charge in [0.15, 0.2) is 5.70 Å². The van der Waals surface area contributed by atoms with Crippen LogP contribution in [0.3, 0.4) is 0 Å². The van der Waals surface area contributed by atoms with Crippen molar-refractivity contribution in [1.29, 1.82) is 0 Å². The minimum atomic E-state index is -0.434. The van der Waals surface area contributed by atoms with E-state index < -0.39 is 5.97 Å². The second-order valence-electron chi connectivity index (χ2n) is 5.33. The number of benzene rings is 2. The van der Waals surface area contributed by atoms with Crippen molar-refractivity contribution in [3.63, 3.8) is 0 Å². The zero-order valence-corrected chi connectivity index (χ0v) is 14.4. The van der Waals surface area contributed by atoms with E-state index in [-0.39, 0.29) is 0 Å². The minimum Gasteiger partial charge on any atom is -0.402 e. The molecule has 2 aromatic rings. The molecular weight excluding hydrogens is 356 g/mol. The van der Waals surface area contributed by atoms with Gasteiger partial charge in [0.25, 0.3) is 0 Å². The Morgan fingerprint density at radius 3 is 2.52 bits per heavy atom. The Labute approximate surface area is 143 Å². The van der Waals surface area contributed by atoms with Gasteiger partial charge in [-0.3, -0.25) is 0 Å². The standard InChI is InChI=1S/C18H15BrN2O2/c1-21(2)15-8-6-12(7-9-15)10-16-18(22)23-17(20-16)13-4-3-5-14(19)11-13/h3-11H,1-2H3. The summed E-state index contributed by atoms with van der Waals surface area (Å²) in [6, 6.07) is 15.4. The van der Waals surface area contributed by atoms with E-state index in [0.717, 1.165) is 21.3 Å². The van der Waals surface area contributed by atoms with Crippen molar-refractivity contribution in [3.8, 4) is 0 Å². The summed E-state index contributed by atoms with van der Waals surface area (Å²) in [7, 11) is 3.97. The number of rotatable bonds is 3. The maximum atomic E-state index is 12.0. The van der Waals surface area contributed by atoms with Crippen molar-refractivity contribution in [2.75, 3.05) is 19.0 Å². The van der Waals surface area contributed by atoms with Crippen molar-refractivity contribution in [2.24, 2.45) is 4.99 Å². The van der Waals surface area contributed by atoms with E-state index >= 15 is 0 Å². The monoisotopic (exact) mass is 370 g/mol. The third-order valence-electron chi connectivity index (χ3n) is 3.40. The number of ether oxygens (including phenoxy) is 1. The molecule has 0 radical (unpaired) electrons. The first-order valence-corrected chi connectivity index (χ1v) is 7.88. The van der Waals surface area contributed by atoms with Gasteiger partial charge in [-0.15, -0.1) is 0 Å². The molecule has 0 aliphatic carbocycles. The van der Waals surface area contributed by atoms with Crippen LogP contribution in [0.2, 0.25) is 0 Å². The minimum absolute atomic E-state index is 0.303. The largest absolute Gasteiger partial charge is 0.402 e. The number of hydrogen-bond acceptors (Lipinski definition) is 4. The maximum Gasteiger partial charge on any atom is 0.363 e. The van der Waals surface area contributed by atoms with Crippen molar-refractivity contribution in [2.45, 2.75) is 0 Å². The molecular formula is C18H15BrN2O2. The van der Waals surface area contributed by atoms with Gasteiger partial charge in [0.1, 0.15) is 0 Å². The Morgan fingerprint density at radius 1 is 1.13 bits per heavy atom. The third-order valence-corrected chi connectivity index (χ3v) is 3.90. The topological polar surface area (TPSA) is 41.9 Å². The van der Waals surface area contributed by atoms with Gasteiger partial charge in [0.2, 0.25) is 5.90 Å². The third kappa shape index (κ3) is 3.51. The fourth-order valence-corrected chi connectivity index (χ4v) is 2.58. The molecule has 0 saturated heterocycles. The predicted molar refractivity (Wildman–Crippen MR) is 95.5 cm³/mol. The molecule has 0 fully saturated rings. The average molecular weight is 371 g/mol. The number of esters is 1. The number of hydrogen-bond donors (Lipinski definition) is 0. The van der Waals surface area contributed by atoms with E-state index in [9.17, 15) is 4.79 Å². The lowest BCUT2D eigenvalue weighted by molar-refractivity contribution is -0.129. The highest BCUT2D eigenvalue weighted by Gasteiger charge is 2.24. The molecule has 1 aliphatic heterocycles. The highest BCUT2D eigenvalue weighted by molar-refractivity contribution is 9.10. The molecule has 1 heterocycles. The molecule has 0 spiro atoms. The van der Waals surface area contributed by atoms with E-state index in [4.69, 9.17) is 4.74 Å². The average Bonchev–Trinajstić information content (AvgIpc) is 2.89. The van der Waals surface area contributed by atoms with E-state index in [1.54, 1.807) is 6.08 Å². The Kier molecular flexibility index (Phi) is 4.30. The highest BCUT2D eigenvalue weighted by atomic mass is 79.9. The van der Waals surface area contributed by atoms with Crippen LogP contribution in [0.25, 0.3) is 6.08 Å². The van der Waals surface area contributed by atoms with Gasteiger partial charge < -0.3 is 9.64 Å². The molecule has 0 unspecified atom stereocenters. The quantitative estimate of drug-likeness (QED) is 0.608. The summed E-state index contributed by atoms with van der Waals surface area (Å²) in [6.45, 7) is 0. The van der Waals surface area contributed by atoms with Crippen LogP contribution in [-0.2, 0) is 9.53 Å². The summed E-state index contributed by atoms with van der Waals surface area (Å²) in [6.07, 6.45) is 1.73. The summed E-state index contributed by atoms with van der Waals surface area (Å²) in [4.78, 5) is 18.3. The van der Waals surface area contributed by atoms with Gasteiger partial charge in [-0.25, -0.2) is 9.79 Å². The van der Waals surface area contributed by atoms with Crippen molar-refractivity contribution < 1.29 is 9.53 Å². The molecule has 0 aromatic heterocycles. The Bertz CT molecular complexity index is 808. The molecule has 0 amide bonds. The lowest BCUT2D eigenvalue weighted by atomic mass is 10.1. The molecule has 3 rings (SSSR count). The lowest BCUT2D eigenvalue weighted by Crippen LogP contribution is -2.08. The normalized spacial score (nSPS) is 15.5. The zero-order chi connectivity index (χ0) is 16.4. The number of carbonyl (C=O) groups is 1. The number of aliphatic imine (C=N–C) groups is 1. The summed E-state index contributed by atoms with van der Waals surface area (Å²) in [5.74, 6) is -0.107. The zero-order valence-electron chi connectivity index (χ0n) is 12.8. The molecule has 1 aliphatic rings. The molecule has 2 aromatic carbocycles. The van der Waals surface area contributed by atoms with Crippen LogP contribution in [0.1, 0.15) is 11.1 Å². The van der Waals surface area contributed by atoms with Crippen molar-refractivity contribution in [3.05, 3.63) is 69.8 Å². The van der Waals surface area contributed by atoms with Crippen LogP contribution in [0.5, 0.6) is 0 Å². The van der Waals surface area contributed by atoms with Crippen LogP contribution in [0, 0.1) is 0 Å². The van der Waals surface area contributed by atoms with Gasteiger partial charge in [-0.1, -0.05) is 34.1 Å². The van der Waals surface area contributed by atoms with Crippen LogP contribution < -0.4 is 4.90 Å². The van der Waals surface area contributed by atoms with Gasteiger partial charge in [0.05, 0.1) is 0 Å². The van der Waals surface area contributed by atoms with Gasteiger partial charge in [-0.2, -0.15) is 0 Å². The van der Waals surface area contributed by atoms with E-state index in [0.29, 0.717) is 11.6 Å². The second-order valence-corrected chi connectivity index (χ2v) is 6.25. The molecule has 0 saturated carbocycles. The van der Waals surface area contributed by atoms with E-state index in [1.165, 1.54) is 0 Å². The Hall–Kier alpha value is -2.40. The van der Waals surface area contributed by atoms with Crippen molar-refractivity contribution in [1.82, 2.24) is 0 Å². The van der Waals surface area contributed by atoms with Crippen LogP contribution in [-0.4, -0.2) is 26.0 Å². The summed E-state index contributed by atoms with van der Waals surface area (Å²) >= 11 is 3.40. The molecule has 4 nitrogen and oxygen atoms in total. The van der Waals surface area contributed by atoms with Crippen LogP contribution in [0.4, 0.5) is 5.69 Å². The van der Waals surface area contributed by atoms with Crippen molar-refractivity contribution >= 4 is 39.6 Å². The molecule has 116 valence electrons. The second kappa shape index (κ2) is 6.38. The SMILES string of the molecule is CN(C)c1ccc(C=C2N=C(c3cccc(Br)c3)OC2=O)cc1. The molecule has 23 heavy (non-hydrogen) atoms. The number of nitrogens with zero attached hydrogens (tertiary/aromatic N) is 2. The fraction of sp³-hybridized carbons (Fsp3) is 0.111. The Morgan fingerprint density at radius 2 is 1.87 bits per heavy atom. The molecule has 0 atom stereocenters. The first-order chi connectivity index (χ1) is 11.0. The predicted octanol–water partition coefficient (Wildman–Crippen LogP) is 3.86. The summed E-state index contributed by atoms with van der Waals surface area (Å²) in [5, 5.41) is 0. The van der Waals surface area contributed by atoms with Gasteiger partial charge >= 0.3 is 5.97 Å². The van der Waals surface area contributed by atoms with Gasteiger partial charge in [0, 0.05) is 29.8 Å². The molecule has 0 N–H and O–H groups in total. The highest BCUT2D eigenvalue weighted by Crippen LogP contribution is 2.22. The molecule has 5 heteroatoms. The summed E-state index contributed by atoms with van der Waals surface area (Å²) in [5.41, 5.74) is 3.07. The molecule has 0 bridgehead atoms.